The molecule has 0 unspecified atom stereocenters. The van der Waals surface area contributed by atoms with E-state index in [1.807, 2.05) is 0 Å². The van der Waals surface area contributed by atoms with Crippen molar-refractivity contribution in [3.63, 3.8) is 0 Å². The van der Waals surface area contributed by atoms with Crippen LogP contribution in [-0.2, 0) is 28.5 Å². The van der Waals surface area contributed by atoms with Gasteiger partial charge in [0.1, 0.15) is 34.8 Å². The van der Waals surface area contributed by atoms with E-state index < -0.39 is 48.3 Å². The number of hydrogen-bond donors (Lipinski definition) is 0. The van der Waals surface area contributed by atoms with Crippen LogP contribution in [0.15, 0.2) is 48.5 Å². The van der Waals surface area contributed by atoms with E-state index in [9.17, 15) is 19.2 Å². The third kappa shape index (κ3) is 5.08. The lowest BCUT2D eigenvalue weighted by molar-refractivity contribution is -0.132. The van der Waals surface area contributed by atoms with Crippen molar-refractivity contribution in [1.29, 1.82) is 0 Å². The molecule has 0 N–H and O–H groups in total. The van der Waals surface area contributed by atoms with Crippen molar-refractivity contribution in [1.82, 2.24) is 0 Å². The molecule has 2 saturated heterocycles. The molecule has 34 heavy (non-hydrogen) atoms. The summed E-state index contributed by atoms with van der Waals surface area (Å²) < 4.78 is 32.7. The quantitative estimate of drug-likeness (QED) is 0.458. The molecule has 0 saturated carbocycles. The minimum atomic E-state index is -0.750. The van der Waals surface area contributed by atoms with Crippen LogP contribution in [0.25, 0.3) is 0 Å². The Morgan fingerprint density at radius 2 is 1.06 bits per heavy atom. The molecule has 0 aliphatic carbocycles. The van der Waals surface area contributed by atoms with E-state index in [1.165, 1.54) is 38.1 Å². The molecule has 0 amide bonds. The highest BCUT2D eigenvalue weighted by molar-refractivity contribution is 5.94. The van der Waals surface area contributed by atoms with E-state index in [4.69, 9.17) is 28.4 Å². The monoisotopic (exact) mass is 470 g/mol. The summed E-state index contributed by atoms with van der Waals surface area (Å²) in [4.78, 5) is 48.0. The molecular weight excluding hydrogens is 448 g/mol. The van der Waals surface area contributed by atoms with Gasteiger partial charge in [0.2, 0.25) is 0 Å². The smallest absolute Gasteiger partial charge is 0.342 e. The normalized spacial score (nSPS) is 23.0. The van der Waals surface area contributed by atoms with Gasteiger partial charge in [0.15, 0.2) is 12.2 Å². The molecule has 2 aliphatic heterocycles. The second-order valence-electron chi connectivity index (χ2n) is 7.66. The first kappa shape index (κ1) is 23.4. The molecule has 2 heterocycles. The molecular formula is C24H22O10. The van der Waals surface area contributed by atoms with Crippen molar-refractivity contribution in [2.24, 2.45) is 0 Å². The summed E-state index contributed by atoms with van der Waals surface area (Å²) in [6, 6.07) is 12.4. The van der Waals surface area contributed by atoms with Crippen molar-refractivity contribution in [2.45, 2.75) is 38.3 Å². The summed E-state index contributed by atoms with van der Waals surface area (Å²) in [5, 5.41) is 0. The standard InChI is InChI=1S/C24H22O10/c1-13(25)31-17-9-5-3-7-15(17)23(27)33-19-11-29-22-20(12-30-21(19)22)34-24(28)16-8-4-6-10-18(16)32-14(2)26/h3-10,19-22H,11-12H2,1-2H3/t19-,20+,21-,22-/m1/s1. The van der Waals surface area contributed by atoms with Gasteiger partial charge in [0, 0.05) is 13.8 Å². The van der Waals surface area contributed by atoms with Crippen molar-refractivity contribution >= 4 is 23.9 Å². The van der Waals surface area contributed by atoms with Crippen LogP contribution in [-0.4, -0.2) is 61.5 Å². The summed E-state index contributed by atoms with van der Waals surface area (Å²) in [5.74, 6) is -2.37. The first-order chi connectivity index (χ1) is 16.3. The summed E-state index contributed by atoms with van der Waals surface area (Å²) in [6.07, 6.45) is -2.79. The van der Waals surface area contributed by atoms with Crippen molar-refractivity contribution in [3.8, 4) is 11.5 Å². The minimum absolute atomic E-state index is 0.0366. The van der Waals surface area contributed by atoms with Gasteiger partial charge in [-0.1, -0.05) is 24.3 Å². The van der Waals surface area contributed by atoms with Gasteiger partial charge >= 0.3 is 23.9 Å². The molecule has 0 aromatic heterocycles. The molecule has 2 aromatic rings. The Labute approximate surface area is 194 Å². The lowest BCUT2D eigenvalue weighted by Crippen LogP contribution is -2.36. The lowest BCUT2D eigenvalue weighted by atomic mass is 10.1. The van der Waals surface area contributed by atoms with Crippen LogP contribution < -0.4 is 9.47 Å². The first-order valence-electron chi connectivity index (χ1n) is 10.5. The largest absolute Gasteiger partial charge is 0.453 e. The van der Waals surface area contributed by atoms with Crippen molar-refractivity contribution in [3.05, 3.63) is 59.7 Å². The molecule has 2 aromatic carbocycles. The number of esters is 4. The molecule has 0 spiro atoms. The Bertz CT molecular complexity index is 1020. The summed E-state index contributed by atoms with van der Waals surface area (Å²) in [7, 11) is 0. The van der Waals surface area contributed by atoms with Crippen LogP contribution in [0.3, 0.4) is 0 Å². The van der Waals surface area contributed by atoms with Gasteiger partial charge in [-0.25, -0.2) is 9.59 Å². The van der Waals surface area contributed by atoms with Crippen LogP contribution in [0, 0.1) is 0 Å². The molecule has 0 bridgehead atoms. The number of ether oxygens (including phenoxy) is 6. The van der Waals surface area contributed by atoms with E-state index in [0.717, 1.165) is 0 Å². The van der Waals surface area contributed by atoms with Crippen LogP contribution in [0.5, 0.6) is 11.5 Å². The molecule has 4 atom stereocenters. The number of carbonyl (C=O) groups is 4. The molecule has 178 valence electrons. The Morgan fingerprint density at radius 1 is 0.676 bits per heavy atom. The Kier molecular flexibility index (Phi) is 6.90. The zero-order chi connectivity index (χ0) is 24.2. The summed E-state index contributed by atoms with van der Waals surface area (Å²) in [5.41, 5.74) is 0.174. The maximum absolute atomic E-state index is 12.7. The second kappa shape index (κ2) is 10.0. The van der Waals surface area contributed by atoms with E-state index in [0.29, 0.717) is 0 Å². The van der Waals surface area contributed by atoms with Crippen LogP contribution in [0.2, 0.25) is 0 Å². The highest BCUT2D eigenvalue weighted by Crippen LogP contribution is 2.32. The molecule has 2 fully saturated rings. The van der Waals surface area contributed by atoms with E-state index in [2.05, 4.69) is 0 Å². The van der Waals surface area contributed by atoms with Crippen LogP contribution in [0.4, 0.5) is 0 Å². The third-order valence-electron chi connectivity index (χ3n) is 5.20. The lowest BCUT2D eigenvalue weighted by Gasteiger charge is -2.18. The predicted octanol–water partition coefficient (Wildman–Crippen LogP) is 2.09. The molecule has 10 nitrogen and oxygen atoms in total. The van der Waals surface area contributed by atoms with Crippen molar-refractivity contribution < 1.29 is 47.6 Å². The molecule has 2 aliphatic rings. The Balaban J connectivity index is 1.40. The number of hydrogen-bond acceptors (Lipinski definition) is 10. The third-order valence-corrected chi connectivity index (χ3v) is 5.20. The van der Waals surface area contributed by atoms with Gasteiger partial charge in [-0.05, 0) is 24.3 Å². The number of benzene rings is 2. The van der Waals surface area contributed by atoms with Gasteiger partial charge in [0.05, 0.1) is 13.2 Å². The number of rotatable bonds is 6. The van der Waals surface area contributed by atoms with Gasteiger partial charge in [-0.15, -0.1) is 0 Å². The fourth-order valence-electron chi connectivity index (χ4n) is 3.79. The average Bonchev–Trinajstić information content (AvgIpc) is 3.37. The predicted molar refractivity (Wildman–Crippen MR) is 113 cm³/mol. The second-order valence-corrected chi connectivity index (χ2v) is 7.66. The first-order valence-corrected chi connectivity index (χ1v) is 10.5. The van der Waals surface area contributed by atoms with E-state index in [-0.39, 0.29) is 35.8 Å². The minimum Gasteiger partial charge on any atom is -0.453 e. The average molecular weight is 470 g/mol. The topological polar surface area (TPSA) is 124 Å². The maximum atomic E-state index is 12.7. The Morgan fingerprint density at radius 3 is 1.44 bits per heavy atom. The van der Waals surface area contributed by atoms with E-state index in [1.54, 1.807) is 24.3 Å². The van der Waals surface area contributed by atoms with Crippen LogP contribution in [0.1, 0.15) is 34.6 Å². The summed E-state index contributed by atoms with van der Waals surface area (Å²) >= 11 is 0. The fourth-order valence-corrected chi connectivity index (χ4v) is 3.79. The SMILES string of the molecule is CC(=O)Oc1ccccc1C(=O)O[C@H]1CO[C@H]2[C@@H]1OC[C@H]2OC(=O)c1ccccc1OC(C)=O. The van der Waals surface area contributed by atoms with Gasteiger partial charge in [-0.2, -0.15) is 0 Å². The van der Waals surface area contributed by atoms with Crippen LogP contribution >= 0.6 is 0 Å². The number of para-hydroxylation sites is 2. The molecule has 10 heteroatoms. The fraction of sp³-hybridized carbons (Fsp3) is 0.333. The van der Waals surface area contributed by atoms with Gasteiger partial charge in [-0.3, -0.25) is 9.59 Å². The van der Waals surface area contributed by atoms with Gasteiger partial charge in [0.25, 0.3) is 0 Å². The zero-order valence-electron chi connectivity index (χ0n) is 18.4. The number of fused-ring (bicyclic) bond motifs is 1. The Hall–Kier alpha value is -3.76. The van der Waals surface area contributed by atoms with Crippen molar-refractivity contribution in [2.75, 3.05) is 13.2 Å². The molecule has 4 rings (SSSR count). The van der Waals surface area contributed by atoms with E-state index >= 15 is 0 Å². The highest BCUT2D eigenvalue weighted by Gasteiger charge is 2.51. The van der Waals surface area contributed by atoms with Gasteiger partial charge < -0.3 is 28.4 Å². The molecule has 0 radical (unpaired) electrons. The summed E-state index contributed by atoms with van der Waals surface area (Å²) in [6.45, 7) is 2.54. The number of carbonyl (C=O) groups excluding carboxylic acids is 4. The highest BCUT2D eigenvalue weighted by atomic mass is 16.7. The zero-order valence-corrected chi connectivity index (χ0v) is 18.4. The maximum Gasteiger partial charge on any atom is 0.342 e.